The highest BCUT2D eigenvalue weighted by molar-refractivity contribution is 5.76. The fourth-order valence-electron chi connectivity index (χ4n) is 14.7. The summed E-state index contributed by atoms with van der Waals surface area (Å²) in [4.78, 5) is 13.4. The van der Waals surface area contributed by atoms with E-state index in [0.717, 1.165) is 51.4 Å². The summed E-state index contributed by atoms with van der Waals surface area (Å²) in [5.41, 5.74) is 0. The minimum atomic E-state index is -1.78. The molecule has 0 bridgehead atoms. The van der Waals surface area contributed by atoms with E-state index in [1.807, 2.05) is 0 Å². The summed E-state index contributed by atoms with van der Waals surface area (Å²) in [7, 11) is 0. The molecule has 0 saturated carbocycles. The van der Waals surface area contributed by atoms with Crippen molar-refractivity contribution in [2.75, 3.05) is 19.8 Å². The number of carbonyl (C=O) groups excluding carboxylic acids is 1. The average Bonchev–Trinajstić information content (AvgIpc) is 0.800. The Bertz CT molecular complexity index is 1610. The molecule has 12 unspecified atom stereocenters. The number of carbonyl (C=O) groups is 1. The van der Waals surface area contributed by atoms with Crippen LogP contribution in [0.15, 0.2) is 0 Å². The van der Waals surface area contributed by atoms with Crippen molar-refractivity contribution in [2.45, 2.75) is 498 Å². The van der Waals surface area contributed by atoms with Gasteiger partial charge in [-0.15, -0.1) is 0 Å². The third kappa shape index (κ3) is 49.6. The summed E-state index contributed by atoms with van der Waals surface area (Å²) in [6.45, 7) is 2.95. The maximum Gasteiger partial charge on any atom is 0.220 e. The van der Waals surface area contributed by atoms with Crippen LogP contribution in [0.4, 0.5) is 0 Å². The Morgan fingerprint density at radius 1 is 0.333 bits per heavy atom. The summed E-state index contributed by atoms with van der Waals surface area (Å²) in [5, 5.41) is 87.9. The monoisotopic (exact) mass is 1370 g/mol. The second kappa shape index (κ2) is 67.2. The second-order valence-corrected chi connectivity index (χ2v) is 30.3. The summed E-state index contributed by atoms with van der Waals surface area (Å²) in [6.07, 6.45) is 67.4. The van der Waals surface area contributed by atoms with Crippen LogP contribution in [0.2, 0.25) is 0 Å². The van der Waals surface area contributed by atoms with Crippen LogP contribution < -0.4 is 5.32 Å². The molecule has 0 aliphatic carbocycles. The quantitative estimate of drug-likeness (QED) is 0.0259. The minimum Gasteiger partial charge on any atom is -0.394 e. The molecule has 2 heterocycles. The van der Waals surface area contributed by atoms with Crippen LogP contribution in [0.5, 0.6) is 0 Å². The Morgan fingerprint density at radius 3 is 0.885 bits per heavy atom. The van der Waals surface area contributed by atoms with Gasteiger partial charge in [-0.05, 0) is 12.8 Å². The van der Waals surface area contributed by atoms with E-state index < -0.39 is 86.8 Å². The van der Waals surface area contributed by atoms with Crippen molar-refractivity contribution in [3.8, 4) is 0 Å². The highest BCUT2D eigenvalue weighted by Gasteiger charge is 2.51. The van der Waals surface area contributed by atoms with Gasteiger partial charge in [0.1, 0.15) is 48.8 Å². The Balaban J connectivity index is 1.58. The number of aliphatic hydroxyl groups is 8. The Morgan fingerprint density at radius 2 is 0.594 bits per heavy atom. The smallest absolute Gasteiger partial charge is 0.220 e. The summed E-state index contributed by atoms with van der Waals surface area (Å²) in [5.74, 6) is -0.194. The normalized spacial score (nSPS) is 22.1. The van der Waals surface area contributed by atoms with Crippen molar-refractivity contribution in [1.29, 1.82) is 0 Å². The third-order valence-corrected chi connectivity index (χ3v) is 21.3. The molecule has 2 saturated heterocycles. The lowest BCUT2D eigenvalue weighted by Crippen LogP contribution is -2.65. The molecule has 14 nitrogen and oxygen atoms in total. The largest absolute Gasteiger partial charge is 0.394 e. The molecule has 2 aliphatic rings. The number of hydrogen-bond donors (Lipinski definition) is 9. The van der Waals surface area contributed by atoms with Gasteiger partial charge in [0.15, 0.2) is 12.6 Å². The highest BCUT2D eigenvalue weighted by Crippen LogP contribution is 2.31. The molecule has 0 aromatic carbocycles. The van der Waals surface area contributed by atoms with Crippen molar-refractivity contribution in [3.05, 3.63) is 0 Å². The first-order valence-electron chi connectivity index (χ1n) is 42.3. The molecule has 2 fully saturated rings. The Labute approximate surface area is 591 Å². The van der Waals surface area contributed by atoms with Gasteiger partial charge in [0, 0.05) is 6.42 Å². The fraction of sp³-hybridized carbons (Fsp3) is 0.988. The van der Waals surface area contributed by atoms with E-state index in [0.29, 0.717) is 12.8 Å². The lowest BCUT2D eigenvalue weighted by atomic mass is 9.97. The molecule has 12 atom stereocenters. The van der Waals surface area contributed by atoms with Gasteiger partial charge in [-0.1, -0.05) is 406 Å². The fourth-order valence-corrected chi connectivity index (χ4v) is 14.7. The van der Waals surface area contributed by atoms with Crippen LogP contribution in [0, 0.1) is 0 Å². The lowest BCUT2D eigenvalue weighted by Gasteiger charge is -2.46. The number of ether oxygens (including phenoxy) is 4. The summed E-state index contributed by atoms with van der Waals surface area (Å²) < 4.78 is 23.0. The van der Waals surface area contributed by atoms with Crippen LogP contribution in [-0.2, 0) is 23.7 Å². The van der Waals surface area contributed by atoms with E-state index in [-0.39, 0.29) is 12.5 Å². The molecule has 572 valence electrons. The highest BCUT2D eigenvalue weighted by atomic mass is 16.7. The molecule has 1 amide bonds. The molecule has 2 rings (SSSR count). The van der Waals surface area contributed by atoms with E-state index in [2.05, 4.69) is 19.2 Å². The molecular weight excluding hydrogens is 1210 g/mol. The number of hydrogen-bond acceptors (Lipinski definition) is 13. The third-order valence-electron chi connectivity index (χ3n) is 21.3. The molecule has 0 spiro atoms. The molecular formula is C82H161NO13. The zero-order valence-electron chi connectivity index (χ0n) is 62.9. The van der Waals surface area contributed by atoms with Gasteiger partial charge in [-0.25, -0.2) is 0 Å². The first-order valence-corrected chi connectivity index (χ1v) is 42.3. The Hall–Kier alpha value is -1.01. The zero-order chi connectivity index (χ0) is 69.4. The van der Waals surface area contributed by atoms with Gasteiger partial charge in [0.2, 0.25) is 5.91 Å². The van der Waals surface area contributed by atoms with E-state index >= 15 is 0 Å². The van der Waals surface area contributed by atoms with E-state index in [4.69, 9.17) is 18.9 Å². The van der Waals surface area contributed by atoms with Crippen LogP contribution >= 0.6 is 0 Å². The molecule has 9 N–H and O–H groups in total. The first kappa shape index (κ1) is 91.1. The predicted octanol–water partition coefficient (Wildman–Crippen LogP) is 19.5. The average molecular weight is 1370 g/mol. The Kier molecular flexibility index (Phi) is 63.7. The van der Waals surface area contributed by atoms with Crippen LogP contribution in [0.1, 0.15) is 425 Å². The predicted molar refractivity (Wildman–Crippen MR) is 397 cm³/mol. The van der Waals surface area contributed by atoms with Gasteiger partial charge in [0.05, 0.1) is 32.0 Å². The zero-order valence-corrected chi connectivity index (χ0v) is 62.9. The number of rotatable bonds is 73. The molecule has 96 heavy (non-hydrogen) atoms. The topological polar surface area (TPSA) is 228 Å². The summed E-state index contributed by atoms with van der Waals surface area (Å²) >= 11 is 0. The van der Waals surface area contributed by atoms with Crippen molar-refractivity contribution < 1.29 is 64.6 Å². The molecule has 2 aliphatic heterocycles. The standard InChI is InChI=1S/C82H161NO13/c1-3-5-7-9-11-13-15-17-19-21-23-25-27-29-31-33-34-35-36-38-39-41-43-45-47-49-51-53-55-57-59-61-63-65-71(86)70(69-93-81-79(92)77(90)80(73(68-85)95-81)96-82-78(91)76(89)75(88)72(67-84)94-82)83-74(87)66-64-62-60-58-56-54-52-50-48-46-44-42-40-37-32-30-28-26-24-22-20-18-16-14-12-10-8-6-4-2/h70-73,75-82,84-86,88-92H,3-69H2,1-2H3,(H,83,87). The second-order valence-electron chi connectivity index (χ2n) is 30.3. The van der Waals surface area contributed by atoms with E-state index in [1.165, 1.54) is 347 Å². The molecule has 0 radical (unpaired) electrons. The number of nitrogens with one attached hydrogen (secondary N) is 1. The lowest BCUT2D eigenvalue weighted by molar-refractivity contribution is -0.359. The maximum atomic E-state index is 13.4. The van der Waals surface area contributed by atoms with E-state index in [9.17, 15) is 45.6 Å². The molecule has 0 aromatic rings. The van der Waals surface area contributed by atoms with Crippen LogP contribution in [0.25, 0.3) is 0 Å². The van der Waals surface area contributed by atoms with Crippen molar-refractivity contribution in [2.24, 2.45) is 0 Å². The van der Waals surface area contributed by atoms with Gasteiger partial charge in [-0.2, -0.15) is 0 Å². The number of amides is 1. The van der Waals surface area contributed by atoms with Crippen molar-refractivity contribution >= 4 is 5.91 Å². The van der Waals surface area contributed by atoms with E-state index in [1.54, 1.807) is 0 Å². The van der Waals surface area contributed by atoms with Crippen LogP contribution in [0.3, 0.4) is 0 Å². The van der Waals surface area contributed by atoms with Gasteiger partial charge in [-0.3, -0.25) is 4.79 Å². The van der Waals surface area contributed by atoms with Gasteiger partial charge >= 0.3 is 0 Å². The molecule has 14 heteroatoms. The summed E-state index contributed by atoms with van der Waals surface area (Å²) in [6, 6.07) is -0.826. The van der Waals surface area contributed by atoms with Crippen molar-refractivity contribution in [3.63, 3.8) is 0 Å². The number of aliphatic hydroxyl groups excluding tert-OH is 8. The number of unbranched alkanes of at least 4 members (excludes halogenated alkanes) is 60. The SMILES string of the molecule is CCCCCCCCCCCCCCCCCCCCCCCCCCCCCCCCCCCC(O)C(COC1OC(CO)C(OC2OC(CO)C(O)C(O)C2O)C(O)C1O)NC(=O)CCCCCCCCCCCCCCCCCCCCCCCCCCCCCCC. The first-order chi connectivity index (χ1) is 47.1. The van der Waals surface area contributed by atoms with Gasteiger partial charge in [0.25, 0.3) is 0 Å². The van der Waals surface area contributed by atoms with Crippen molar-refractivity contribution in [1.82, 2.24) is 5.32 Å². The van der Waals surface area contributed by atoms with Crippen LogP contribution in [-0.4, -0.2) is 140 Å². The van der Waals surface area contributed by atoms with Gasteiger partial charge < -0.3 is 65.1 Å². The maximum absolute atomic E-state index is 13.4. The molecule has 0 aromatic heterocycles. The minimum absolute atomic E-state index is 0.194.